The zero-order chi connectivity index (χ0) is 14.5. The molecule has 108 valence electrons. The Morgan fingerprint density at radius 2 is 2.20 bits per heavy atom. The van der Waals surface area contributed by atoms with Crippen LogP contribution in [0.3, 0.4) is 0 Å². The van der Waals surface area contributed by atoms with Gasteiger partial charge in [0.15, 0.2) is 0 Å². The lowest BCUT2D eigenvalue weighted by Gasteiger charge is -2.21. The normalized spacial score (nSPS) is 13.9. The van der Waals surface area contributed by atoms with E-state index in [0.717, 1.165) is 17.9 Å². The van der Waals surface area contributed by atoms with E-state index < -0.39 is 0 Å². The van der Waals surface area contributed by atoms with Gasteiger partial charge >= 0.3 is 0 Å². The fraction of sp³-hybridized carbons (Fsp3) is 0.400. The van der Waals surface area contributed by atoms with Crippen LogP contribution in [0, 0.1) is 0 Å². The molecule has 2 unspecified atom stereocenters. The van der Waals surface area contributed by atoms with Crippen LogP contribution in [0.4, 0.5) is 0 Å². The number of rotatable bonds is 6. The Hall–Kier alpha value is -2.01. The Morgan fingerprint density at radius 1 is 1.40 bits per heavy atom. The molecule has 0 saturated heterocycles. The Bertz CT molecular complexity index is 540. The molecule has 2 rings (SSSR count). The summed E-state index contributed by atoms with van der Waals surface area (Å²) in [6.07, 6.45) is 5.50. The molecule has 0 amide bonds. The molecule has 0 aliphatic rings. The van der Waals surface area contributed by atoms with Crippen molar-refractivity contribution in [2.45, 2.75) is 32.5 Å². The van der Waals surface area contributed by atoms with E-state index in [1.165, 1.54) is 0 Å². The van der Waals surface area contributed by atoms with E-state index in [-0.39, 0.29) is 17.8 Å². The zero-order valence-corrected chi connectivity index (χ0v) is 12.1. The molecule has 0 fully saturated rings. The first-order valence-electron chi connectivity index (χ1n) is 6.69. The number of nitrogens with zero attached hydrogens (tertiary/aromatic N) is 2. The van der Waals surface area contributed by atoms with Crippen molar-refractivity contribution in [1.29, 1.82) is 0 Å². The van der Waals surface area contributed by atoms with Gasteiger partial charge in [-0.15, -0.1) is 0 Å². The number of benzene rings is 1. The van der Waals surface area contributed by atoms with Gasteiger partial charge in [0.05, 0.1) is 13.4 Å². The maximum atomic E-state index is 9.96. The summed E-state index contributed by atoms with van der Waals surface area (Å²) in [5.41, 5.74) is 0.835. The summed E-state index contributed by atoms with van der Waals surface area (Å²) in [7, 11) is 1.62. The van der Waals surface area contributed by atoms with Crippen molar-refractivity contribution < 1.29 is 9.84 Å². The quantitative estimate of drug-likeness (QED) is 0.849. The van der Waals surface area contributed by atoms with E-state index in [1.807, 2.05) is 23.8 Å². The van der Waals surface area contributed by atoms with Gasteiger partial charge < -0.3 is 19.7 Å². The Labute approximate surface area is 119 Å². The number of phenolic OH excluding ortho intramolecular Hbond substituents is 1. The predicted octanol–water partition coefficient (Wildman–Crippen LogP) is 2.34. The van der Waals surface area contributed by atoms with Gasteiger partial charge in [0.25, 0.3) is 0 Å². The van der Waals surface area contributed by atoms with E-state index >= 15 is 0 Å². The lowest BCUT2D eigenvalue weighted by atomic mass is 10.1. The standard InChI is InChI=1S/C15H21N3O2/c1-11(9-18-7-6-16-10-18)17-12(2)14-8-13(20-3)4-5-15(14)19/h4-8,10-12,17,19H,9H2,1-3H3. The molecule has 0 saturated carbocycles. The third-order valence-electron chi connectivity index (χ3n) is 3.28. The molecular formula is C15H21N3O2. The van der Waals surface area contributed by atoms with Crippen LogP contribution in [0.1, 0.15) is 25.5 Å². The van der Waals surface area contributed by atoms with E-state index in [1.54, 1.807) is 31.8 Å². The SMILES string of the molecule is COc1ccc(O)c(C(C)NC(C)Cn2ccnc2)c1. The second-order valence-electron chi connectivity index (χ2n) is 4.97. The first kappa shape index (κ1) is 14.4. The van der Waals surface area contributed by atoms with Gasteiger partial charge in [0.2, 0.25) is 0 Å². The summed E-state index contributed by atoms with van der Waals surface area (Å²) in [4.78, 5) is 4.03. The minimum atomic E-state index is 0.0311. The summed E-state index contributed by atoms with van der Waals surface area (Å²) in [5.74, 6) is 1.02. The van der Waals surface area contributed by atoms with Crippen LogP contribution in [0.5, 0.6) is 11.5 Å². The maximum absolute atomic E-state index is 9.96. The monoisotopic (exact) mass is 275 g/mol. The first-order chi connectivity index (χ1) is 9.60. The molecule has 0 spiro atoms. The van der Waals surface area contributed by atoms with Crippen molar-refractivity contribution in [2.24, 2.45) is 0 Å². The molecule has 20 heavy (non-hydrogen) atoms. The Kier molecular flexibility index (Phi) is 4.63. The largest absolute Gasteiger partial charge is 0.508 e. The average molecular weight is 275 g/mol. The molecule has 1 aromatic carbocycles. The lowest BCUT2D eigenvalue weighted by molar-refractivity contribution is 0.396. The average Bonchev–Trinajstić information content (AvgIpc) is 2.91. The third-order valence-corrected chi connectivity index (χ3v) is 3.28. The molecule has 0 aliphatic carbocycles. The van der Waals surface area contributed by atoms with Crippen LogP contribution >= 0.6 is 0 Å². The van der Waals surface area contributed by atoms with Gasteiger partial charge in [0.1, 0.15) is 11.5 Å². The predicted molar refractivity (Wildman–Crippen MR) is 77.9 cm³/mol. The van der Waals surface area contributed by atoms with E-state index in [9.17, 15) is 5.11 Å². The highest BCUT2D eigenvalue weighted by atomic mass is 16.5. The highest BCUT2D eigenvalue weighted by Gasteiger charge is 2.14. The topological polar surface area (TPSA) is 59.3 Å². The molecular weight excluding hydrogens is 254 g/mol. The third kappa shape index (κ3) is 3.51. The van der Waals surface area contributed by atoms with Gasteiger partial charge in [0, 0.05) is 36.6 Å². The summed E-state index contributed by atoms with van der Waals surface area (Å²) in [5, 5.41) is 13.4. The molecule has 1 aromatic heterocycles. The van der Waals surface area contributed by atoms with Crippen LogP contribution in [0.25, 0.3) is 0 Å². The second-order valence-corrected chi connectivity index (χ2v) is 4.97. The van der Waals surface area contributed by atoms with Crippen molar-refractivity contribution in [3.8, 4) is 11.5 Å². The van der Waals surface area contributed by atoms with E-state index in [2.05, 4.69) is 17.2 Å². The smallest absolute Gasteiger partial charge is 0.120 e. The van der Waals surface area contributed by atoms with Crippen molar-refractivity contribution in [3.63, 3.8) is 0 Å². The van der Waals surface area contributed by atoms with Crippen LogP contribution in [-0.2, 0) is 6.54 Å². The van der Waals surface area contributed by atoms with Crippen LogP contribution in [-0.4, -0.2) is 27.8 Å². The van der Waals surface area contributed by atoms with Crippen LogP contribution in [0.15, 0.2) is 36.9 Å². The first-order valence-corrected chi connectivity index (χ1v) is 6.69. The summed E-state index contributed by atoms with van der Waals surface area (Å²) in [6.45, 7) is 4.96. The highest BCUT2D eigenvalue weighted by molar-refractivity contribution is 5.41. The Morgan fingerprint density at radius 3 is 2.85 bits per heavy atom. The summed E-state index contributed by atoms with van der Waals surface area (Å²) in [6, 6.07) is 5.55. The maximum Gasteiger partial charge on any atom is 0.120 e. The zero-order valence-electron chi connectivity index (χ0n) is 12.1. The molecule has 0 aliphatic heterocycles. The van der Waals surface area contributed by atoms with Crippen molar-refractivity contribution in [3.05, 3.63) is 42.5 Å². The lowest BCUT2D eigenvalue weighted by Crippen LogP contribution is -2.32. The number of nitrogens with one attached hydrogen (secondary N) is 1. The van der Waals surface area contributed by atoms with Crippen molar-refractivity contribution in [2.75, 3.05) is 7.11 Å². The van der Waals surface area contributed by atoms with Crippen LogP contribution < -0.4 is 10.1 Å². The van der Waals surface area contributed by atoms with E-state index in [0.29, 0.717) is 0 Å². The molecule has 5 heteroatoms. The number of aromatic nitrogens is 2. The van der Waals surface area contributed by atoms with Crippen LogP contribution in [0.2, 0.25) is 0 Å². The number of methoxy groups -OCH3 is 1. The van der Waals surface area contributed by atoms with Gasteiger partial charge in [-0.2, -0.15) is 0 Å². The van der Waals surface area contributed by atoms with Gasteiger partial charge in [-0.3, -0.25) is 0 Å². The molecule has 2 aromatic rings. The minimum Gasteiger partial charge on any atom is -0.508 e. The van der Waals surface area contributed by atoms with E-state index in [4.69, 9.17) is 4.74 Å². The fourth-order valence-electron chi connectivity index (χ4n) is 2.29. The number of hydrogen-bond donors (Lipinski definition) is 2. The fourth-order valence-corrected chi connectivity index (χ4v) is 2.29. The number of hydrogen-bond acceptors (Lipinski definition) is 4. The summed E-state index contributed by atoms with van der Waals surface area (Å²) < 4.78 is 7.22. The molecule has 0 bridgehead atoms. The second kappa shape index (κ2) is 6.43. The molecule has 2 atom stereocenters. The molecule has 1 heterocycles. The van der Waals surface area contributed by atoms with Crippen molar-refractivity contribution >= 4 is 0 Å². The van der Waals surface area contributed by atoms with Gasteiger partial charge in [-0.25, -0.2) is 4.98 Å². The number of phenols is 1. The van der Waals surface area contributed by atoms with Crippen molar-refractivity contribution in [1.82, 2.24) is 14.9 Å². The minimum absolute atomic E-state index is 0.0311. The number of aromatic hydroxyl groups is 1. The van der Waals surface area contributed by atoms with Gasteiger partial charge in [-0.1, -0.05) is 0 Å². The number of ether oxygens (including phenoxy) is 1. The molecule has 2 N–H and O–H groups in total. The molecule has 5 nitrogen and oxygen atoms in total. The Balaban J connectivity index is 2.02. The molecule has 0 radical (unpaired) electrons. The van der Waals surface area contributed by atoms with Gasteiger partial charge in [-0.05, 0) is 32.0 Å². The summed E-state index contributed by atoms with van der Waals surface area (Å²) >= 11 is 0. The number of imidazole rings is 1. The highest BCUT2D eigenvalue weighted by Crippen LogP contribution is 2.28.